The SMILES string of the molecule is CC[C@H]1CCCCN1C(=O)CCCN1C(=O)/C(=C\c2ccco2)SC1=S. The first-order valence-corrected chi connectivity index (χ1v) is 10.4. The second-order valence-corrected chi connectivity index (χ2v) is 8.27. The van der Waals surface area contributed by atoms with Crippen molar-refractivity contribution in [1.29, 1.82) is 0 Å². The van der Waals surface area contributed by atoms with Gasteiger partial charge in [0.1, 0.15) is 10.1 Å². The molecule has 0 spiro atoms. The van der Waals surface area contributed by atoms with E-state index in [0.717, 1.165) is 25.8 Å². The highest BCUT2D eigenvalue weighted by Gasteiger charge is 2.32. The van der Waals surface area contributed by atoms with Crippen molar-refractivity contribution < 1.29 is 14.0 Å². The number of likely N-dealkylation sites (tertiary alicyclic amines) is 1. The standard InChI is InChI=1S/C19H24N2O3S2/c1-2-14-7-3-4-10-20(14)17(22)9-5-11-21-18(23)16(26-19(21)25)13-15-8-6-12-24-15/h6,8,12-14H,2-5,7,9-11H2,1H3/b16-13+/t14-/m0/s1. The summed E-state index contributed by atoms with van der Waals surface area (Å²) < 4.78 is 5.81. The molecule has 0 radical (unpaired) electrons. The molecule has 0 unspecified atom stereocenters. The molecule has 0 N–H and O–H groups in total. The minimum atomic E-state index is -0.103. The molecular formula is C19H24N2O3S2. The van der Waals surface area contributed by atoms with Gasteiger partial charge in [0.2, 0.25) is 5.91 Å². The maximum atomic E-state index is 12.5. The van der Waals surface area contributed by atoms with Crippen molar-refractivity contribution in [3.05, 3.63) is 29.1 Å². The summed E-state index contributed by atoms with van der Waals surface area (Å²) in [4.78, 5) is 29.3. The van der Waals surface area contributed by atoms with Crippen LogP contribution >= 0.6 is 24.0 Å². The number of amides is 2. The van der Waals surface area contributed by atoms with Crippen molar-refractivity contribution in [3.8, 4) is 0 Å². The molecule has 7 heteroatoms. The molecule has 26 heavy (non-hydrogen) atoms. The highest BCUT2D eigenvalue weighted by atomic mass is 32.2. The molecule has 0 aliphatic carbocycles. The van der Waals surface area contributed by atoms with Crippen LogP contribution in [0.3, 0.4) is 0 Å². The zero-order valence-corrected chi connectivity index (χ0v) is 16.6. The molecule has 0 saturated carbocycles. The Bertz CT molecular complexity index is 700. The topological polar surface area (TPSA) is 53.8 Å². The van der Waals surface area contributed by atoms with Crippen LogP contribution < -0.4 is 0 Å². The number of rotatable bonds is 6. The van der Waals surface area contributed by atoms with Gasteiger partial charge in [0.25, 0.3) is 5.91 Å². The van der Waals surface area contributed by atoms with Gasteiger partial charge in [0.05, 0.1) is 11.2 Å². The van der Waals surface area contributed by atoms with Crippen molar-refractivity contribution in [2.24, 2.45) is 0 Å². The largest absolute Gasteiger partial charge is 0.465 e. The molecule has 0 aromatic carbocycles. The fourth-order valence-corrected chi connectivity index (χ4v) is 4.77. The van der Waals surface area contributed by atoms with Gasteiger partial charge in [-0.2, -0.15) is 0 Å². The average molecular weight is 393 g/mol. The fraction of sp³-hybridized carbons (Fsp3) is 0.526. The minimum absolute atomic E-state index is 0.103. The van der Waals surface area contributed by atoms with E-state index in [4.69, 9.17) is 16.6 Å². The van der Waals surface area contributed by atoms with Crippen LogP contribution in [0, 0.1) is 0 Å². The van der Waals surface area contributed by atoms with E-state index in [1.165, 1.54) is 18.2 Å². The number of thioether (sulfide) groups is 1. The number of nitrogens with zero attached hydrogens (tertiary/aromatic N) is 2. The van der Waals surface area contributed by atoms with Gasteiger partial charge in [0, 0.05) is 31.6 Å². The fourth-order valence-electron chi connectivity index (χ4n) is 3.48. The zero-order valence-electron chi connectivity index (χ0n) is 15.0. The quantitative estimate of drug-likeness (QED) is 0.540. The molecule has 3 rings (SSSR count). The molecule has 1 aromatic heterocycles. The summed E-state index contributed by atoms with van der Waals surface area (Å²) in [7, 11) is 0. The normalized spacial score (nSPS) is 22.5. The highest BCUT2D eigenvalue weighted by molar-refractivity contribution is 8.26. The number of piperidine rings is 1. The van der Waals surface area contributed by atoms with Crippen molar-refractivity contribution in [2.75, 3.05) is 13.1 Å². The van der Waals surface area contributed by atoms with E-state index < -0.39 is 0 Å². The van der Waals surface area contributed by atoms with E-state index >= 15 is 0 Å². The molecule has 2 aliphatic rings. The van der Waals surface area contributed by atoms with Crippen molar-refractivity contribution >= 4 is 46.2 Å². The Kier molecular flexibility index (Phi) is 6.53. The summed E-state index contributed by atoms with van der Waals surface area (Å²) in [5, 5.41) is 0. The van der Waals surface area contributed by atoms with E-state index in [1.54, 1.807) is 29.4 Å². The summed E-state index contributed by atoms with van der Waals surface area (Å²) in [5.41, 5.74) is 0. The van der Waals surface area contributed by atoms with Crippen molar-refractivity contribution in [3.63, 3.8) is 0 Å². The molecule has 2 amide bonds. The number of hydrogen-bond acceptors (Lipinski definition) is 5. The van der Waals surface area contributed by atoms with Crippen molar-refractivity contribution in [1.82, 2.24) is 9.80 Å². The summed E-state index contributed by atoms with van der Waals surface area (Å²) in [5.74, 6) is 0.734. The second-order valence-electron chi connectivity index (χ2n) is 6.60. The predicted molar refractivity (Wildman–Crippen MR) is 107 cm³/mol. The van der Waals surface area contributed by atoms with Gasteiger partial charge in [0.15, 0.2) is 0 Å². The van der Waals surface area contributed by atoms with Crippen LogP contribution in [0.2, 0.25) is 0 Å². The maximum absolute atomic E-state index is 12.5. The Morgan fingerprint density at radius 3 is 3.04 bits per heavy atom. The third-order valence-corrected chi connectivity index (χ3v) is 6.26. The van der Waals surface area contributed by atoms with Crippen molar-refractivity contribution in [2.45, 2.75) is 51.5 Å². The number of carbonyl (C=O) groups is 2. The van der Waals surface area contributed by atoms with Gasteiger partial charge in [-0.25, -0.2) is 0 Å². The lowest BCUT2D eigenvalue weighted by Gasteiger charge is -2.35. The highest BCUT2D eigenvalue weighted by Crippen LogP contribution is 2.32. The summed E-state index contributed by atoms with van der Waals surface area (Å²) >= 11 is 6.62. The van der Waals surface area contributed by atoms with Crippen LogP contribution in [0.15, 0.2) is 27.7 Å². The smallest absolute Gasteiger partial charge is 0.266 e. The Hall–Kier alpha value is -1.60. The number of carbonyl (C=O) groups excluding carboxylic acids is 2. The van der Waals surface area contributed by atoms with E-state index in [0.29, 0.717) is 40.4 Å². The average Bonchev–Trinajstić information content (AvgIpc) is 3.25. The van der Waals surface area contributed by atoms with Gasteiger partial charge in [-0.1, -0.05) is 30.9 Å². The predicted octanol–water partition coefficient (Wildman–Crippen LogP) is 4.05. The van der Waals surface area contributed by atoms with E-state index in [1.807, 2.05) is 4.90 Å². The molecule has 2 saturated heterocycles. The van der Waals surface area contributed by atoms with E-state index in [9.17, 15) is 9.59 Å². The van der Waals surface area contributed by atoms with Gasteiger partial charge >= 0.3 is 0 Å². The summed E-state index contributed by atoms with van der Waals surface area (Å²) in [6, 6.07) is 3.96. The molecule has 2 aliphatic heterocycles. The van der Waals surface area contributed by atoms with E-state index in [-0.39, 0.29) is 11.8 Å². The molecular weight excluding hydrogens is 368 g/mol. The Morgan fingerprint density at radius 1 is 1.46 bits per heavy atom. The van der Waals surface area contributed by atoms with Crippen LogP contribution in [0.5, 0.6) is 0 Å². The van der Waals surface area contributed by atoms with Gasteiger partial charge in [-0.3, -0.25) is 14.5 Å². The van der Waals surface area contributed by atoms with Gasteiger partial charge in [-0.15, -0.1) is 0 Å². The minimum Gasteiger partial charge on any atom is -0.465 e. The molecule has 1 aromatic rings. The summed E-state index contributed by atoms with van der Waals surface area (Å²) in [6.07, 6.45) is 8.80. The number of furan rings is 1. The zero-order chi connectivity index (χ0) is 18.5. The molecule has 1 atom stereocenters. The number of hydrogen-bond donors (Lipinski definition) is 0. The number of thiocarbonyl (C=S) groups is 1. The van der Waals surface area contributed by atoms with E-state index in [2.05, 4.69) is 6.92 Å². The molecule has 0 bridgehead atoms. The van der Waals surface area contributed by atoms with Gasteiger partial charge < -0.3 is 9.32 Å². The maximum Gasteiger partial charge on any atom is 0.266 e. The van der Waals surface area contributed by atoms with Crippen LogP contribution in [0.4, 0.5) is 0 Å². The lowest BCUT2D eigenvalue weighted by molar-refractivity contribution is -0.135. The molecule has 2 fully saturated rings. The second kappa shape index (κ2) is 8.86. The van der Waals surface area contributed by atoms with Gasteiger partial charge in [-0.05, 0) is 44.2 Å². The van der Waals surface area contributed by atoms with Crippen LogP contribution in [-0.2, 0) is 9.59 Å². The van der Waals surface area contributed by atoms with Crippen LogP contribution in [-0.4, -0.2) is 45.1 Å². The van der Waals surface area contributed by atoms with Crippen LogP contribution in [0.25, 0.3) is 6.08 Å². The first-order valence-electron chi connectivity index (χ1n) is 9.18. The molecule has 3 heterocycles. The first-order chi connectivity index (χ1) is 12.6. The Morgan fingerprint density at radius 2 is 2.31 bits per heavy atom. The molecule has 140 valence electrons. The van der Waals surface area contributed by atoms with Crippen LogP contribution in [0.1, 0.15) is 51.2 Å². The summed E-state index contributed by atoms with van der Waals surface area (Å²) in [6.45, 7) is 3.49. The third-order valence-electron chi connectivity index (χ3n) is 4.88. The Labute approximate surface area is 163 Å². The first kappa shape index (κ1) is 19.2. The third kappa shape index (κ3) is 4.38. The molecule has 5 nitrogen and oxygen atoms in total. The monoisotopic (exact) mass is 392 g/mol. The lowest BCUT2D eigenvalue weighted by Crippen LogP contribution is -2.43. The lowest BCUT2D eigenvalue weighted by atomic mass is 9.99. The Balaban J connectivity index is 1.52.